The summed E-state index contributed by atoms with van der Waals surface area (Å²) in [7, 11) is 0. The van der Waals surface area contributed by atoms with Crippen molar-refractivity contribution < 1.29 is 0 Å². The molecule has 2 saturated carbocycles. The first-order valence-corrected chi connectivity index (χ1v) is 3.77. The fraction of sp³-hybridized carbons (Fsp3) is 0.875. The third-order valence-electron chi connectivity index (χ3n) is 2.72. The molecule has 0 radical (unpaired) electrons. The highest BCUT2D eigenvalue weighted by Crippen LogP contribution is 2.54. The summed E-state index contributed by atoms with van der Waals surface area (Å²) in [4.78, 5) is 0. The van der Waals surface area contributed by atoms with Crippen LogP contribution in [0, 0.1) is 29.1 Å². The Morgan fingerprint density at radius 2 is 1.89 bits per heavy atom. The van der Waals surface area contributed by atoms with Gasteiger partial charge in [-0.3, -0.25) is 0 Å². The molecule has 0 saturated heterocycles. The number of hydrogen-bond acceptors (Lipinski definition) is 1. The Balaban J connectivity index is 1.85. The Kier molecular flexibility index (Phi) is 1.02. The van der Waals surface area contributed by atoms with Crippen molar-refractivity contribution in [1.82, 2.24) is 0 Å². The summed E-state index contributed by atoms with van der Waals surface area (Å²) in [6.07, 6.45) is 5.01. The van der Waals surface area contributed by atoms with Gasteiger partial charge in [0.15, 0.2) is 0 Å². The fourth-order valence-electron chi connectivity index (χ4n) is 2.14. The topological polar surface area (TPSA) is 23.8 Å². The molecule has 0 aromatic heterocycles. The first-order valence-electron chi connectivity index (χ1n) is 3.77. The normalized spacial score (nSPS) is 39.9. The second kappa shape index (κ2) is 1.73. The lowest BCUT2D eigenvalue weighted by Crippen LogP contribution is -1.93. The van der Waals surface area contributed by atoms with E-state index in [1.54, 1.807) is 0 Å². The summed E-state index contributed by atoms with van der Waals surface area (Å²) in [5.74, 6) is 2.87. The minimum Gasteiger partial charge on any atom is -0.198 e. The maximum Gasteiger partial charge on any atom is 0.0624 e. The molecular formula is C8H11N. The van der Waals surface area contributed by atoms with Crippen molar-refractivity contribution in [2.24, 2.45) is 17.8 Å². The van der Waals surface area contributed by atoms with E-state index in [4.69, 9.17) is 5.26 Å². The monoisotopic (exact) mass is 121 g/mol. The molecule has 2 atom stereocenters. The van der Waals surface area contributed by atoms with Crippen molar-refractivity contribution >= 4 is 0 Å². The van der Waals surface area contributed by atoms with Gasteiger partial charge in [-0.1, -0.05) is 0 Å². The van der Waals surface area contributed by atoms with Gasteiger partial charge in [0, 0.05) is 6.42 Å². The molecule has 1 heteroatoms. The highest BCUT2D eigenvalue weighted by molar-refractivity contribution is 4.97. The SMILES string of the molecule is N#CCC1C[C@H]2C[C@@H]2C1. The molecule has 0 aromatic carbocycles. The van der Waals surface area contributed by atoms with E-state index in [1.807, 2.05) is 0 Å². The van der Waals surface area contributed by atoms with Gasteiger partial charge < -0.3 is 0 Å². The Labute approximate surface area is 55.7 Å². The van der Waals surface area contributed by atoms with Crippen LogP contribution in [0.1, 0.15) is 25.7 Å². The summed E-state index contributed by atoms with van der Waals surface area (Å²) >= 11 is 0. The predicted octanol–water partition coefficient (Wildman–Crippen LogP) is 1.95. The van der Waals surface area contributed by atoms with E-state index in [1.165, 1.54) is 19.3 Å². The van der Waals surface area contributed by atoms with E-state index in [-0.39, 0.29) is 0 Å². The minimum absolute atomic E-state index is 0.777. The van der Waals surface area contributed by atoms with Gasteiger partial charge in [-0.25, -0.2) is 0 Å². The van der Waals surface area contributed by atoms with Gasteiger partial charge in [0.2, 0.25) is 0 Å². The van der Waals surface area contributed by atoms with Crippen molar-refractivity contribution in [3.8, 4) is 6.07 Å². The van der Waals surface area contributed by atoms with Gasteiger partial charge in [-0.15, -0.1) is 0 Å². The molecular weight excluding hydrogens is 110 g/mol. The lowest BCUT2D eigenvalue weighted by molar-refractivity contribution is 0.498. The molecule has 0 amide bonds. The second-order valence-corrected chi connectivity index (χ2v) is 3.46. The molecule has 0 bridgehead atoms. The predicted molar refractivity (Wildman–Crippen MR) is 34.6 cm³/mol. The van der Waals surface area contributed by atoms with Gasteiger partial charge in [-0.2, -0.15) is 5.26 Å². The summed E-state index contributed by atoms with van der Waals surface area (Å²) in [5, 5.41) is 8.38. The molecule has 0 heterocycles. The largest absolute Gasteiger partial charge is 0.198 e. The van der Waals surface area contributed by atoms with Crippen LogP contribution in [0.3, 0.4) is 0 Å². The van der Waals surface area contributed by atoms with Crippen molar-refractivity contribution in [3.05, 3.63) is 0 Å². The minimum atomic E-state index is 0.777. The van der Waals surface area contributed by atoms with Gasteiger partial charge >= 0.3 is 0 Å². The Hall–Kier alpha value is -0.510. The van der Waals surface area contributed by atoms with Crippen LogP contribution in [-0.2, 0) is 0 Å². The van der Waals surface area contributed by atoms with E-state index >= 15 is 0 Å². The first-order chi connectivity index (χ1) is 4.40. The highest BCUT2D eigenvalue weighted by Gasteiger charge is 2.45. The second-order valence-electron chi connectivity index (χ2n) is 3.46. The Morgan fingerprint density at radius 3 is 2.44 bits per heavy atom. The zero-order valence-electron chi connectivity index (χ0n) is 5.51. The van der Waals surface area contributed by atoms with Gasteiger partial charge in [0.1, 0.15) is 0 Å². The zero-order chi connectivity index (χ0) is 6.27. The number of nitrogens with zero attached hydrogens (tertiary/aromatic N) is 1. The summed E-state index contributed by atoms with van der Waals surface area (Å²) in [6, 6.07) is 2.25. The molecule has 1 nitrogen and oxygen atoms in total. The summed E-state index contributed by atoms with van der Waals surface area (Å²) in [6.45, 7) is 0. The Morgan fingerprint density at radius 1 is 1.22 bits per heavy atom. The molecule has 2 aliphatic rings. The molecule has 0 aromatic rings. The van der Waals surface area contributed by atoms with Crippen LogP contribution >= 0.6 is 0 Å². The van der Waals surface area contributed by atoms with Gasteiger partial charge in [0.05, 0.1) is 6.07 Å². The number of hydrogen-bond donors (Lipinski definition) is 0. The molecule has 0 unspecified atom stereocenters. The van der Waals surface area contributed by atoms with Crippen LogP contribution in [0.4, 0.5) is 0 Å². The van der Waals surface area contributed by atoms with Crippen molar-refractivity contribution in [1.29, 1.82) is 5.26 Å². The third-order valence-corrected chi connectivity index (χ3v) is 2.72. The number of rotatable bonds is 1. The maximum absolute atomic E-state index is 8.38. The smallest absolute Gasteiger partial charge is 0.0624 e. The van der Waals surface area contributed by atoms with E-state index in [0.29, 0.717) is 0 Å². The van der Waals surface area contributed by atoms with Crippen LogP contribution in [-0.4, -0.2) is 0 Å². The fourth-order valence-corrected chi connectivity index (χ4v) is 2.14. The highest BCUT2D eigenvalue weighted by atomic mass is 14.5. The quantitative estimate of drug-likeness (QED) is 0.520. The molecule has 2 fully saturated rings. The summed E-state index contributed by atoms with van der Waals surface area (Å²) < 4.78 is 0. The third kappa shape index (κ3) is 0.830. The lowest BCUT2D eigenvalue weighted by Gasteiger charge is -2.03. The van der Waals surface area contributed by atoms with E-state index in [9.17, 15) is 0 Å². The molecule has 9 heavy (non-hydrogen) atoms. The number of fused-ring (bicyclic) bond motifs is 1. The van der Waals surface area contributed by atoms with Crippen LogP contribution in [0.25, 0.3) is 0 Å². The van der Waals surface area contributed by atoms with Crippen LogP contribution in [0.2, 0.25) is 0 Å². The average Bonchev–Trinajstić information content (AvgIpc) is 2.42. The van der Waals surface area contributed by atoms with E-state index in [0.717, 1.165) is 24.2 Å². The van der Waals surface area contributed by atoms with Crippen LogP contribution in [0.5, 0.6) is 0 Å². The zero-order valence-corrected chi connectivity index (χ0v) is 5.51. The van der Waals surface area contributed by atoms with Gasteiger partial charge in [0.25, 0.3) is 0 Å². The molecule has 2 aliphatic carbocycles. The average molecular weight is 121 g/mol. The molecule has 48 valence electrons. The lowest BCUT2D eigenvalue weighted by atomic mass is 10.0. The van der Waals surface area contributed by atoms with Gasteiger partial charge in [-0.05, 0) is 37.0 Å². The van der Waals surface area contributed by atoms with E-state index < -0.39 is 0 Å². The van der Waals surface area contributed by atoms with Crippen molar-refractivity contribution in [2.75, 3.05) is 0 Å². The first kappa shape index (κ1) is 5.29. The van der Waals surface area contributed by atoms with Crippen molar-refractivity contribution in [2.45, 2.75) is 25.7 Å². The van der Waals surface area contributed by atoms with Crippen LogP contribution < -0.4 is 0 Å². The van der Waals surface area contributed by atoms with Crippen LogP contribution in [0.15, 0.2) is 0 Å². The van der Waals surface area contributed by atoms with Crippen molar-refractivity contribution in [3.63, 3.8) is 0 Å². The molecule has 2 rings (SSSR count). The standard InChI is InChI=1S/C8H11N/c9-2-1-6-3-7-5-8(7)4-6/h6-8H,1,3-5H2/t7-,8-/m0/s1. The number of nitriles is 1. The molecule has 0 aliphatic heterocycles. The maximum atomic E-state index is 8.38. The Bertz CT molecular complexity index is 146. The molecule has 0 spiro atoms. The van der Waals surface area contributed by atoms with E-state index in [2.05, 4.69) is 6.07 Å². The molecule has 0 N–H and O–H groups in total. The summed E-state index contributed by atoms with van der Waals surface area (Å²) in [5.41, 5.74) is 0.